The molecule has 2 amide bonds. The maximum Gasteiger partial charge on any atom is 0.273 e. The molecule has 0 unspecified atom stereocenters. The number of carbonyl (C=O) groups excluding carboxylic acids is 2. The molecule has 1 aromatic carbocycles. The number of carbonyl (C=O) groups is 2. The average molecular weight is 426 g/mol. The quantitative estimate of drug-likeness (QED) is 0.666. The number of hydrogen-bond acceptors (Lipinski definition) is 4. The zero-order valence-corrected chi connectivity index (χ0v) is 18.0. The van der Waals surface area contributed by atoms with Gasteiger partial charge in [-0.05, 0) is 30.0 Å². The lowest BCUT2D eigenvalue weighted by molar-refractivity contribution is 0.0707. The van der Waals surface area contributed by atoms with Crippen LogP contribution in [0, 0.1) is 11.8 Å². The molecular weight excluding hydrogens is 401 g/mol. The molecule has 152 valence electrons. The SMILES string of the molecule is CC(C)CNC(=O)c1coc(CN(CC(C)C)C(=O)c2ccc(Cl)cc2Cl)n1. The molecule has 0 saturated heterocycles. The molecule has 0 fully saturated rings. The number of halogens is 2. The Morgan fingerprint density at radius 3 is 2.50 bits per heavy atom. The third-order valence-corrected chi connectivity index (χ3v) is 4.36. The molecule has 2 rings (SSSR count). The second-order valence-electron chi connectivity index (χ2n) is 7.43. The number of hydrogen-bond donors (Lipinski definition) is 1. The first-order valence-electron chi connectivity index (χ1n) is 9.14. The van der Waals surface area contributed by atoms with Crippen molar-refractivity contribution in [2.45, 2.75) is 34.2 Å². The molecule has 0 aliphatic rings. The lowest BCUT2D eigenvalue weighted by atomic mass is 10.1. The molecule has 2 aromatic rings. The van der Waals surface area contributed by atoms with Gasteiger partial charge in [0.2, 0.25) is 5.89 Å². The molecule has 0 aliphatic carbocycles. The molecule has 0 saturated carbocycles. The Balaban J connectivity index is 2.16. The number of nitrogens with zero attached hydrogens (tertiary/aromatic N) is 2. The number of aromatic nitrogens is 1. The van der Waals surface area contributed by atoms with Gasteiger partial charge >= 0.3 is 0 Å². The van der Waals surface area contributed by atoms with Gasteiger partial charge in [0.1, 0.15) is 6.26 Å². The van der Waals surface area contributed by atoms with Gasteiger partial charge in [0, 0.05) is 18.1 Å². The highest BCUT2D eigenvalue weighted by Crippen LogP contribution is 2.23. The van der Waals surface area contributed by atoms with E-state index in [1.54, 1.807) is 17.0 Å². The molecule has 1 N–H and O–H groups in total. The van der Waals surface area contributed by atoms with Gasteiger partial charge in [0.05, 0.1) is 17.1 Å². The first-order chi connectivity index (χ1) is 13.2. The second kappa shape index (κ2) is 9.94. The van der Waals surface area contributed by atoms with Crippen LogP contribution in [0.5, 0.6) is 0 Å². The van der Waals surface area contributed by atoms with Crippen molar-refractivity contribution >= 4 is 35.0 Å². The molecule has 28 heavy (non-hydrogen) atoms. The highest BCUT2D eigenvalue weighted by molar-refractivity contribution is 6.36. The van der Waals surface area contributed by atoms with Gasteiger partial charge in [-0.3, -0.25) is 9.59 Å². The molecule has 1 heterocycles. The van der Waals surface area contributed by atoms with Crippen LogP contribution in [0.25, 0.3) is 0 Å². The van der Waals surface area contributed by atoms with Crippen molar-refractivity contribution in [3.05, 3.63) is 51.7 Å². The fourth-order valence-electron chi connectivity index (χ4n) is 2.53. The van der Waals surface area contributed by atoms with E-state index in [0.717, 1.165) is 0 Å². The summed E-state index contributed by atoms with van der Waals surface area (Å²) in [5, 5.41) is 3.53. The van der Waals surface area contributed by atoms with Crippen LogP contribution in [0.4, 0.5) is 0 Å². The van der Waals surface area contributed by atoms with Crippen LogP contribution >= 0.6 is 23.2 Å². The van der Waals surface area contributed by atoms with Crippen LogP contribution < -0.4 is 5.32 Å². The third-order valence-electron chi connectivity index (χ3n) is 3.82. The zero-order valence-electron chi connectivity index (χ0n) is 16.5. The minimum Gasteiger partial charge on any atom is -0.446 e. The normalized spacial score (nSPS) is 11.1. The number of nitrogens with one attached hydrogen (secondary N) is 1. The zero-order chi connectivity index (χ0) is 20.8. The Labute approximate surface area is 175 Å². The van der Waals surface area contributed by atoms with E-state index in [1.807, 2.05) is 27.7 Å². The van der Waals surface area contributed by atoms with Crippen LogP contribution in [-0.4, -0.2) is 34.8 Å². The van der Waals surface area contributed by atoms with Crippen molar-refractivity contribution in [2.24, 2.45) is 11.8 Å². The van der Waals surface area contributed by atoms with E-state index >= 15 is 0 Å². The topological polar surface area (TPSA) is 75.4 Å². The predicted octanol–water partition coefficient (Wildman–Crippen LogP) is 4.67. The first-order valence-corrected chi connectivity index (χ1v) is 9.89. The lowest BCUT2D eigenvalue weighted by Gasteiger charge is -2.23. The van der Waals surface area contributed by atoms with Crippen LogP contribution in [0.1, 0.15) is 54.4 Å². The lowest BCUT2D eigenvalue weighted by Crippen LogP contribution is -2.34. The van der Waals surface area contributed by atoms with Gasteiger partial charge in [-0.2, -0.15) is 0 Å². The van der Waals surface area contributed by atoms with E-state index in [9.17, 15) is 9.59 Å². The highest BCUT2D eigenvalue weighted by atomic mass is 35.5. The van der Waals surface area contributed by atoms with Crippen LogP contribution in [0.2, 0.25) is 10.0 Å². The minimum absolute atomic E-state index is 0.132. The fraction of sp³-hybridized carbons (Fsp3) is 0.450. The summed E-state index contributed by atoms with van der Waals surface area (Å²) in [4.78, 5) is 30.9. The summed E-state index contributed by atoms with van der Waals surface area (Å²) in [7, 11) is 0. The summed E-state index contributed by atoms with van der Waals surface area (Å²) in [5.74, 6) is 0.289. The molecule has 6 nitrogen and oxygen atoms in total. The molecule has 0 bridgehead atoms. The number of oxazole rings is 1. The van der Waals surface area contributed by atoms with E-state index in [1.165, 1.54) is 12.3 Å². The summed E-state index contributed by atoms with van der Waals surface area (Å²) >= 11 is 12.1. The Bertz CT molecular complexity index is 834. The van der Waals surface area contributed by atoms with E-state index in [4.69, 9.17) is 27.6 Å². The number of amides is 2. The molecule has 0 radical (unpaired) electrons. The molecule has 1 aromatic heterocycles. The van der Waals surface area contributed by atoms with E-state index in [-0.39, 0.29) is 40.9 Å². The summed E-state index contributed by atoms with van der Waals surface area (Å²) < 4.78 is 5.42. The van der Waals surface area contributed by atoms with Gasteiger partial charge < -0.3 is 14.6 Å². The van der Waals surface area contributed by atoms with E-state index in [0.29, 0.717) is 29.6 Å². The number of benzene rings is 1. The highest BCUT2D eigenvalue weighted by Gasteiger charge is 2.22. The summed E-state index contributed by atoms with van der Waals surface area (Å²) in [6, 6.07) is 4.75. The Morgan fingerprint density at radius 2 is 1.89 bits per heavy atom. The van der Waals surface area contributed by atoms with Gasteiger partial charge in [-0.15, -0.1) is 0 Å². The minimum atomic E-state index is -0.300. The first kappa shape index (κ1) is 22.2. The summed E-state index contributed by atoms with van der Waals surface area (Å²) in [6.45, 7) is 9.18. The second-order valence-corrected chi connectivity index (χ2v) is 8.28. The Kier molecular flexibility index (Phi) is 7.89. The van der Waals surface area contributed by atoms with Crippen LogP contribution in [0.3, 0.4) is 0 Å². The molecule has 0 atom stereocenters. The van der Waals surface area contributed by atoms with Gasteiger partial charge in [-0.1, -0.05) is 50.9 Å². The molecular formula is C20H25Cl2N3O3. The Morgan fingerprint density at radius 1 is 1.18 bits per heavy atom. The average Bonchev–Trinajstić information content (AvgIpc) is 3.07. The molecule has 0 spiro atoms. The maximum absolute atomic E-state index is 13.0. The smallest absolute Gasteiger partial charge is 0.273 e. The predicted molar refractivity (Wildman–Crippen MR) is 110 cm³/mol. The third kappa shape index (κ3) is 6.24. The molecule has 0 aliphatic heterocycles. The number of rotatable bonds is 8. The van der Waals surface area contributed by atoms with Gasteiger partial charge in [-0.25, -0.2) is 4.98 Å². The maximum atomic E-state index is 13.0. The Hall–Kier alpha value is -2.05. The van der Waals surface area contributed by atoms with Crippen LogP contribution in [-0.2, 0) is 6.54 Å². The van der Waals surface area contributed by atoms with Crippen molar-refractivity contribution in [3.8, 4) is 0 Å². The standard InChI is InChI=1S/C20H25Cl2N3O3/c1-12(2)8-23-19(26)17-11-28-18(24-17)10-25(9-13(3)4)20(27)15-6-5-14(21)7-16(15)22/h5-7,11-13H,8-10H2,1-4H3,(H,23,26). The summed E-state index contributed by atoms with van der Waals surface area (Å²) in [5.41, 5.74) is 0.547. The van der Waals surface area contributed by atoms with Gasteiger partial charge in [0.25, 0.3) is 11.8 Å². The van der Waals surface area contributed by atoms with Crippen molar-refractivity contribution in [2.75, 3.05) is 13.1 Å². The van der Waals surface area contributed by atoms with Gasteiger partial charge in [0.15, 0.2) is 5.69 Å². The monoisotopic (exact) mass is 425 g/mol. The fourth-order valence-corrected chi connectivity index (χ4v) is 3.02. The summed E-state index contributed by atoms with van der Waals surface area (Å²) in [6.07, 6.45) is 1.30. The largest absolute Gasteiger partial charge is 0.446 e. The van der Waals surface area contributed by atoms with Crippen molar-refractivity contribution in [1.82, 2.24) is 15.2 Å². The van der Waals surface area contributed by atoms with Crippen molar-refractivity contribution < 1.29 is 14.0 Å². The van der Waals surface area contributed by atoms with Crippen molar-refractivity contribution in [1.29, 1.82) is 0 Å². The van der Waals surface area contributed by atoms with E-state index < -0.39 is 0 Å². The van der Waals surface area contributed by atoms with Crippen molar-refractivity contribution in [3.63, 3.8) is 0 Å². The molecule has 8 heteroatoms. The van der Waals surface area contributed by atoms with Crippen LogP contribution in [0.15, 0.2) is 28.9 Å². The van der Waals surface area contributed by atoms with E-state index in [2.05, 4.69) is 10.3 Å².